The summed E-state index contributed by atoms with van der Waals surface area (Å²) in [6.45, 7) is 2.03. The van der Waals surface area contributed by atoms with Gasteiger partial charge in [0.05, 0.1) is 17.7 Å². The van der Waals surface area contributed by atoms with Gasteiger partial charge in [0.25, 0.3) is 0 Å². The van der Waals surface area contributed by atoms with Crippen molar-refractivity contribution in [3.05, 3.63) is 47.6 Å². The molecule has 0 saturated heterocycles. The van der Waals surface area contributed by atoms with Crippen molar-refractivity contribution in [1.29, 1.82) is 0 Å². The number of fused-ring (bicyclic) bond motifs is 2. The van der Waals surface area contributed by atoms with E-state index >= 15 is 0 Å². The highest BCUT2D eigenvalue weighted by atomic mass is 16.7. The topological polar surface area (TPSA) is 61.8 Å². The molecule has 2 rings (SSSR count). The van der Waals surface area contributed by atoms with Crippen molar-refractivity contribution < 1.29 is 23.8 Å². The first kappa shape index (κ1) is 11.2. The average Bonchev–Trinajstić information content (AvgIpc) is 2.38. The first-order chi connectivity index (χ1) is 8.20. The molecule has 1 aromatic rings. The van der Waals surface area contributed by atoms with Gasteiger partial charge in [0, 0.05) is 0 Å². The van der Waals surface area contributed by atoms with E-state index in [2.05, 4.69) is 0 Å². The molecule has 0 saturated carbocycles. The molecule has 0 fully saturated rings. The van der Waals surface area contributed by atoms with E-state index in [1.807, 2.05) is 0 Å². The molecule has 0 aliphatic carbocycles. The van der Waals surface area contributed by atoms with E-state index in [1.165, 1.54) is 6.07 Å². The Morgan fingerprint density at radius 2 is 1.88 bits per heavy atom. The predicted molar refractivity (Wildman–Crippen MR) is 57.0 cm³/mol. The van der Waals surface area contributed by atoms with Gasteiger partial charge >= 0.3 is 17.9 Å². The Balaban J connectivity index is 2.38. The maximum Gasteiger partial charge on any atom is 0.346 e. The summed E-state index contributed by atoms with van der Waals surface area (Å²) in [7, 11) is 0. The normalized spacial score (nSPS) is 17.8. The van der Waals surface area contributed by atoms with Crippen molar-refractivity contribution in [2.45, 2.75) is 6.92 Å². The molecule has 0 N–H and O–H groups in total. The van der Waals surface area contributed by atoms with Crippen molar-refractivity contribution in [2.24, 2.45) is 0 Å². The lowest BCUT2D eigenvalue weighted by atomic mass is 10.1. The lowest BCUT2D eigenvalue weighted by Crippen LogP contribution is -2.07. The van der Waals surface area contributed by atoms with E-state index in [9.17, 15) is 9.59 Å². The number of carbonyl (C=O) groups is 2. The molecule has 0 aromatic heterocycles. The molecule has 1 aromatic carbocycles. The summed E-state index contributed by atoms with van der Waals surface area (Å²) in [6.07, 6.45) is 0.986. The van der Waals surface area contributed by atoms with Crippen LogP contribution in [0.1, 0.15) is 27.6 Å². The molecule has 88 valence electrons. The van der Waals surface area contributed by atoms with Gasteiger partial charge in [-0.3, -0.25) is 0 Å². The Morgan fingerprint density at radius 1 is 1.18 bits per heavy atom. The number of rotatable bonds is 2. The SMILES string of the molecule is CCO/C1=C/OC(=O)c2cccc(c2)C(=O)O1. The fourth-order valence-corrected chi connectivity index (χ4v) is 1.32. The fraction of sp³-hybridized carbons (Fsp3) is 0.167. The molecule has 5 heteroatoms. The highest BCUT2D eigenvalue weighted by Gasteiger charge is 2.17. The molecule has 0 atom stereocenters. The van der Waals surface area contributed by atoms with E-state index in [0.717, 1.165) is 6.26 Å². The van der Waals surface area contributed by atoms with Crippen LogP contribution in [0.15, 0.2) is 36.5 Å². The number of cyclic esters (lactones) is 2. The number of esters is 2. The Labute approximate surface area is 97.6 Å². The number of ether oxygens (including phenoxy) is 3. The second kappa shape index (κ2) is 4.69. The van der Waals surface area contributed by atoms with E-state index in [-0.39, 0.29) is 17.1 Å². The lowest BCUT2D eigenvalue weighted by molar-refractivity contribution is 0.0212. The summed E-state index contributed by atoms with van der Waals surface area (Å²) < 4.78 is 14.7. The first-order valence-corrected chi connectivity index (χ1v) is 5.07. The maximum atomic E-state index is 11.7. The van der Waals surface area contributed by atoms with Crippen LogP contribution in [0.3, 0.4) is 0 Å². The standard InChI is InChI=1S/C12H10O5/c1-2-15-10-7-16-11(13)8-4-3-5-9(6-8)12(14)17-10/h3-7H,2H2,1H3/b10-7-. The van der Waals surface area contributed by atoms with E-state index in [1.54, 1.807) is 25.1 Å². The van der Waals surface area contributed by atoms with E-state index < -0.39 is 11.9 Å². The molecule has 0 unspecified atom stereocenters. The van der Waals surface area contributed by atoms with Crippen molar-refractivity contribution in [3.8, 4) is 0 Å². The van der Waals surface area contributed by atoms with Crippen molar-refractivity contribution in [1.82, 2.24) is 0 Å². The number of carbonyl (C=O) groups excluding carboxylic acids is 2. The maximum absolute atomic E-state index is 11.7. The second-order valence-corrected chi connectivity index (χ2v) is 3.25. The Kier molecular flexibility index (Phi) is 3.09. The zero-order chi connectivity index (χ0) is 12.3. The highest BCUT2D eigenvalue weighted by molar-refractivity contribution is 5.96. The Morgan fingerprint density at radius 3 is 2.59 bits per heavy atom. The molecular formula is C12H10O5. The minimum absolute atomic E-state index is 0.131. The third kappa shape index (κ3) is 2.44. The monoisotopic (exact) mass is 234 g/mol. The molecule has 0 amide bonds. The summed E-state index contributed by atoms with van der Waals surface area (Å²) in [5, 5.41) is 0. The number of benzene rings is 1. The van der Waals surface area contributed by atoms with Crippen molar-refractivity contribution in [3.63, 3.8) is 0 Å². The third-order valence-corrected chi connectivity index (χ3v) is 2.08. The summed E-state index contributed by atoms with van der Waals surface area (Å²) >= 11 is 0. The van der Waals surface area contributed by atoms with Crippen LogP contribution < -0.4 is 0 Å². The molecule has 5 nitrogen and oxygen atoms in total. The van der Waals surface area contributed by atoms with Crippen molar-refractivity contribution in [2.75, 3.05) is 6.61 Å². The molecule has 0 spiro atoms. The predicted octanol–water partition coefficient (Wildman–Crippen LogP) is 1.85. The van der Waals surface area contributed by atoms with Crippen molar-refractivity contribution >= 4 is 11.9 Å². The summed E-state index contributed by atoms with van der Waals surface area (Å²) in [5.41, 5.74) is 0.556. The molecular weight excluding hydrogens is 224 g/mol. The summed E-state index contributed by atoms with van der Waals surface area (Å²) in [5.74, 6) is -1.29. The van der Waals surface area contributed by atoms with Crippen LogP contribution in [0.2, 0.25) is 0 Å². The van der Waals surface area contributed by atoms with Crippen LogP contribution >= 0.6 is 0 Å². The van der Waals surface area contributed by atoms with Gasteiger partial charge in [-0.15, -0.1) is 0 Å². The van der Waals surface area contributed by atoms with Gasteiger partial charge in [0.1, 0.15) is 0 Å². The largest absolute Gasteiger partial charge is 0.463 e. The summed E-state index contributed by atoms with van der Waals surface area (Å²) in [6, 6.07) is 6.10. The lowest BCUT2D eigenvalue weighted by Gasteiger charge is -2.06. The van der Waals surface area contributed by atoms with Gasteiger partial charge in [-0.05, 0) is 25.1 Å². The molecule has 17 heavy (non-hydrogen) atoms. The first-order valence-electron chi connectivity index (χ1n) is 5.07. The zero-order valence-electron chi connectivity index (χ0n) is 9.14. The third-order valence-electron chi connectivity index (χ3n) is 2.08. The minimum atomic E-state index is -0.593. The molecule has 1 aliphatic heterocycles. The molecule has 1 heterocycles. The van der Waals surface area contributed by atoms with Gasteiger partial charge in [-0.1, -0.05) is 6.07 Å². The Hall–Kier alpha value is -2.30. The van der Waals surface area contributed by atoms with Crippen LogP contribution in [0.4, 0.5) is 0 Å². The fourth-order valence-electron chi connectivity index (χ4n) is 1.32. The average molecular weight is 234 g/mol. The van der Waals surface area contributed by atoms with Gasteiger partial charge in [-0.2, -0.15) is 0 Å². The minimum Gasteiger partial charge on any atom is -0.463 e. The van der Waals surface area contributed by atoms with Crippen LogP contribution in [-0.4, -0.2) is 18.5 Å². The van der Waals surface area contributed by atoms with Gasteiger partial charge in [-0.25, -0.2) is 9.59 Å². The molecule has 2 bridgehead atoms. The van der Waals surface area contributed by atoms with Crippen LogP contribution in [0.5, 0.6) is 0 Å². The van der Waals surface area contributed by atoms with E-state index in [0.29, 0.717) is 6.61 Å². The summed E-state index contributed by atoms with van der Waals surface area (Å²) in [4.78, 5) is 23.2. The van der Waals surface area contributed by atoms with E-state index in [4.69, 9.17) is 14.2 Å². The second-order valence-electron chi connectivity index (χ2n) is 3.25. The number of hydrogen-bond acceptors (Lipinski definition) is 5. The van der Waals surface area contributed by atoms with Crippen LogP contribution in [0, 0.1) is 0 Å². The van der Waals surface area contributed by atoms with Crippen LogP contribution in [-0.2, 0) is 14.2 Å². The zero-order valence-corrected chi connectivity index (χ0v) is 9.14. The van der Waals surface area contributed by atoms with Crippen LogP contribution in [0.25, 0.3) is 0 Å². The molecule has 0 radical (unpaired) electrons. The highest BCUT2D eigenvalue weighted by Crippen LogP contribution is 2.14. The van der Waals surface area contributed by atoms with Gasteiger partial charge < -0.3 is 14.2 Å². The smallest absolute Gasteiger partial charge is 0.346 e. The van der Waals surface area contributed by atoms with Gasteiger partial charge in [0.15, 0.2) is 6.26 Å². The Bertz CT molecular complexity index is 489. The quantitative estimate of drug-likeness (QED) is 0.731. The number of hydrogen-bond donors (Lipinski definition) is 0. The van der Waals surface area contributed by atoms with Gasteiger partial charge in [0.2, 0.25) is 0 Å². The molecule has 1 aliphatic rings.